The van der Waals surface area contributed by atoms with E-state index < -0.39 is 0 Å². The highest BCUT2D eigenvalue weighted by atomic mass is 15.3. The van der Waals surface area contributed by atoms with Gasteiger partial charge in [-0.15, -0.1) is 0 Å². The first-order chi connectivity index (χ1) is 6.02. The van der Waals surface area contributed by atoms with E-state index in [9.17, 15) is 0 Å². The molecule has 0 unspecified atom stereocenters. The van der Waals surface area contributed by atoms with Crippen LogP contribution >= 0.6 is 0 Å². The largest absolute Gasteiger partial charge is 0.382 e. The molecule has 2 rings (SSSR count). The Kier molecular flexibility index (Phi) is 1.63. The molecule has 72 valence electrons. The first kappa shape index (κ1) is 8.56. The average Bonchev–Trinajstić information content (AvgIpc) is 2.27. The molecule has 1 aliphatic rings. The molecule has 1 aromatic rings. The van der Waals surface area contributed by atoms with E-state index in [0.717, 1.165) is 13.0 Å². The van der Waals surface area contributed by atoms with Gasteiger partial charge in [0.2, 0.25) is 0 Å². The number of nitrogen functional groups attached to an aromatic ring is 1. The Morgan fingerprint density at radius 3 is 2.85 bits per heavy atom. The maximum absolute atomic E-state index is 5.82. The summed E-state index contributed by atoms with van der Waals surface area (Å²) in [5.74, 6) is 0.687. The van der Waals surface area contributed by atoms with Crippen molar-refractivity contribution in [2.75, 3.05) is 12.3 Å². The summed E-state index contributed by atoms with van der Waals surface area (Å²) in [5.41, 5.74) is 8.25. The molecule has 2 heterocycles. The standard InChI is InChI=1S/C9H16N4/c1-9(2)7-6(4-5-11-9)8(10)12-13(7)3/h11H,4-5H2,1-3H3,(H2,10,12). The van der Waals surface area contributed by atoms with Crippen LogP contribution in [0.3, 0.4) is 0 Å². The Labute approximate surface area is 78.1 Å². The van der Waals surface area contributed by atoms with Crippen molar-refractivity contribution in [3.8, 4) is 0 Å². The second kappa shape index (κ2) is 2.48. The summed E-state index contributed by atoms with van der Waals surface area (Å²) in [6.45, 7) is 5.30. The summed E-state index contributed by atoms with van der Waals surface area (Å²) in [4.78, 5) is 0. The topological polar surface area (TPSA) is 55.9 Å². The second-order valence-electron chi connectivity index (χ2n) is 4.14. The normalized spacial score (nSPS) is 19.9. The SMILES string of the molecule is Cn1nc(N)c2c1C(C)(C)NCC2. The van der Waals surface area contributed by atoms with E-state index in [4.69, 9.17) is 5.73 Å². The van der Waals surface area contributed by atoms with E-state index in [2.05, 4.69) is 24.3 Å². The van der Waals surface area contributed by atoms with Gasteiger partial charge in [-0.3, -0.25) is 4.68 Å². The molecule has 3 N–H and O–H groups in total. The third-order valence-corrected chi connectivity index (χ3v) is 2.71. The minimum atomic E-state index is -0.00699. The monoisotopic (exact) mass is 180 g/mol. The van der Waals surface area contributed by atoms with Gasteiger partial charge in [0.05, 0.1) is 11.2 Å². The van der Waals surface area contributed by atoms with Crippen molar-refractivity contribution >= 4 is 5.82 Å². The zero-order valence-corrected chi connectivity index (χ0v) is 8.39. The van der Waals surface area contributed by atoms with Gasteiger partial charge in [-0.25, -0.2) is 0 Å². The van der Waals surface area contributed by atoms with E-state index in [1.165, 1.54) is 11.3 Å². The van der Waals surface area contributed by atoms with Crippen LogP contribution in [0.1, 0.15) is 25.1 Å². The highest BCUT2D eigenvalue weighted by Crippen LogP contribution is 2.30. The summed E-state index contributed by atoms with van der Waals surface area (Å²) < 4.78 is 1.89. The Hall–Kier alpha value is -1.03. The molecule has 4 nitrogen and oxygen atoms in total. The molecule has 0 fully saturated rings. The van der Waals surface area contributed by atoms with Gasteiger partial charge >= 0.3 is 0 Å². The van der Waals surface area contributed by atoms with Crippen LogP contribution in [0.5, 0.6) is 0 Å². The fourth-order valence-electron chi connectivity index (χ4n) is 2.20. The fourth-order valence-corrected chi connectivity index (χ4v) is 2.20. The van der Waals surface area contributed by atoms with Crippen LogP contribution in [-0.2, 0) is 19.0 Å². The van der Waals surface area contributed by atoms with Gasteiger partial charge in [0.1, 0.15) is 5.82 Å². The predicted octanol–water partition coefficient (Wildman–Crippen LogP) is 0.383. The van der Waals surface area contributed by atoms with Gasteiger partial charge in [-0.2, -0.15) is 5.10 Å². The molecule has 13 heavy (non-hydrogen) atoms. The van der Waals surface area contributed by atoms with Crippen LogP contribution in [0.15, 0.2) is 0 Å². The maximum Gasteiger partial charge on any atom is 0.149 e. The number of hydrogen-bond acceptors (Lipinski definition) is 3. The minimum absolute atomic E-state index is 0.00699. The molecule has 4 heteroatoms. The van der Waals surface area contributed by atoms with Crippen LogP contribution < -0.4 is 11.1 Å². The third-order valence-electron chi connectivity index (χ3n) is 2.71. The van der Waals surface area contributed by atoms with Crippen molar-refractivity contribution in [2.45, 2.75) is 25.8 Å². The predicted molar refractivity (Wildman–Crippen MR) is 52.4 cm³/mol. The highest BCUT2D eigenvalue weighted by Gasteiger charge is 2.32. The Morgan fingerprint density at radius 2 is 2.23 bits per heavy atom. The number of nitrogens with two attached hydrogens (primary N) is 1. The maximum atomic E-state index is 5.82. The van der Waals surface area contributed by atoms with E-state index in [-0.39, 0.29) is 5.54 Å². The van der Waals surface area contributed by atoms with Crippen molar-refractivity contribution in [1.82, 2.24) is 15.1 Å². The summed E-state index contributed by atoms with van der Waals surface area (Å²) in [6.07, 6.45) is 0.985. The fraction of sp³-hybridized carbons (Fsp3) is 0.667. The number of rotatable bonds is 0. The smallest absolute Gasteiger partial charge is 0.149 e. The van der Waals surface area contributed by atoms with Gasteiger partial charge in [0.25, 0.3) is 0 Å². The molecule has 0 amide bonds. The molecule has 0 saturated carbocycles. The number of hydrogen-bond donors (Lipinski definition) is 2. The molecule has 1 aromatic heterocycles. The lowest BCUT2D eigenvalue weighted by Crippen LogP contribution is -2.43. The minimum Gasteiger partial charge on any atom is -0.382 e. The Morgan fingerprint density at radius 1 is 1.54 bits per heavy atom. The summed E-state index contributed by atoms with van der Waals surface area (Å²) >= 11 is 0. The van der Waals surface area contributed by atoms with Crippen LogP contribution in [0, 0.1) is 0 Å². The van der Waals surface area contributed by atoms with E-state index >= 15 is 0 Å². The van der Waals surface area contributed by atoms with Crippen molar-refractivity contribution in [3.63, 3.8) is 0 Å². The van der Waals surface area contributed by atoms with Crippen molar-refractivity contribution < 1.29 is 0 Å². The average molecular weight is 180 g/mol. The van der Waals surface area contributed by atoms with E-state index in [0.29, 0.717) is 5.82 Å². The summed E-state index contributed by atoms with van der Waals surface area (Å²) in [5, 5.41) is 7.70. The van der Waals surface area contributed by atoms with Gasteiger partial charge in [0.15, 0.2) is 0 Å². The number of aromatic nitrogens is 2. The van der Waals surface area contributed by atoms with Gasteiger partial charge < -0.3 is 11.1 Å². The number of nitrogens with zero attached hydrogens (tertiary/aromatic N) is 2. The molecular formula is C9H16N4. The molecule has 1 aliphatic heterocycles. The van der Waals surface area contributed by atoms with E-state index in [1.807, 2.05) is 11.7 Å². The lowest BCUT2D eigenvalue weighted by Gasteiger charge is -2.32. The van der Waals surface area contributed by atoms with Crippen molar-refractivity contribution in [2.24, 2.45) is 7.05 Å². The summed E-state index contributed by atoms with van der Waals surface area (Å²) in [7, 11) is 1.95. The van der Waals surface area contributed by atoms with Crippen LogP contribution in [0.4, 0.5) is 5.82 Å². The zero-order valence-electron chi connectivity index (χ0n) is 8.39. The quantitative estimate of drug-likeness (QED) is 0.607. The molecular weight excluding hydrogens is 164 g/mol. The second-order valence-corrected chi connectivity index (χ2v) is 4.14. The molecule has 0 spiro atoms. The van der Waals surface area contributed by atoms with Crippen LogP contribution in [0.2, 0.25) is 0 Å². The van der Waals surface area contributed by atoms with Crippen LogP contribution in [-0.4, -0.2) is 16.3 Å². The zero-order chi connectivity index (χ0) is 9.64. The number of nitrogens with one attached hydrogen (secondary N) is 1. The molecule has 0 saturated heterocycles. The summed E-state index contributed by atoms with van der Waals surface area (Å²) in [6, 6.07) is 0. The first-order valence-corrected chi connectivity index (χ1v) is 4.59. The van der Waals surface area contributed by atoms with E-state index in [1.54, 1.807) is 0 Å². The molecule has 0 bridgehead atoms. The highest BCUT2D eigenvalue weighted by molar-refractivity contribution is 5.46. The Balaban J connectivity index is 2.62. The number of aryl methyl sites for hydroxylation is 1. The lowest BCUT2D eigenvalue weighted by molar-refractivity contribution is 0.356. The first-order valence-electron chi connectivity index (χ1n) is 4.59. The van der Waals surface area contributed by atoms with Crippen LogP contribution in [0.25, 0.3) is 0 Å². The molecule has 0 radical (unpaired) electrons. The number of fused-ring (bicyclic) bond motifs is 1. The van der Waals surface area contributed by atoms with Gasteiger partial charge in [0, 0.05) is 19.2 Å². The van der Waals surface area contributed by atoms with Gasteiger partial charge in [-0.05, 0) is 20.3 Å². The van der Waals surface area contributed by atoms with Crippen molar-refractivity contribution in [1.29, 1.82) is 0 Å². The Bertz CT molecular complexity index is 338. The third kappa shape index (κ3) is 1.13. The molecule has 0 aliphatic carbocycles. The number of anilines is 1. The van der Waals surface area contributed by atoms with Crippen molar-refractivity contribution in [3.05, 3.63) is 11.3 Å². The molecule has 0 aromatic carbocycles. The molecule has 0 atom stereocenters. The lowest BCUT2D eigenvalue weighted by atomic mass is 9.91. The van der Waals surface area contributed by atoms with Gasteiger partial charge in [-0.1, -0.05) is 0 Å².